The van der Waals surface area contributed by atoms with E-state index in [2.05, 4.69) is 48.0 Å². The normalized spacial score (nSPS) is 11.3. The van der Waals surface area contributed by atoms with Crippen LogP contribution in [0.2, 0.25) is 0 Å². The molecule has 0 saturated carbocycles. The lowest BCUT2D eigenvalue weighted by molar-refractivity contribution is 0.276. The maximum Gasteiger partial charge on any atom is 0.152 e. The van der Waals surface area contributed by atoms with Crippen molar-refractivity contribution in [1.29, 1.82) is 0 Å². The van der Waals surface area contributed by atoms with Crippen LogP contribution in [-0.2, 0) is 6.61 Å². The Hall–Kier alpha value is -1.65. The summed E-state index contributed by atoms with van der Waals surface area (Å²) < 4.78 is 2.90. The Morgan fingerprint density at radius 3 is 2.57 bits per heavy atom. The van der Waals surface area contributed by atoms with E-state index >= 15 is 0 Å². The molecule has 3 aromatic rings. The molecule has 0 saturated heterocycles. The number of benzene rings is 1. The van der Waals surface area contributed by atoms with Crippen LogP contribution in [0.3, 0.4) is 0 Å². The number of fused-ring (bicyclic) bond motifs is 1. The SMILES string of the molecule is Cc1ccc(-c2nc3c(Br)cc(C)cn3c2CO)c(C)c1. The summed E-state index contributed by atoms with van der Waals surface area (Å²) in [4.78, 5) is 4.74. The van der Waals surface area contributed by atoms with Crippen molar-refractivity contribution in [3.63, 3.8) is 0 Å². The first-order chi connectivity index (χ1) is 10.0. The van der Waals surface area contributed by atoms with Crippen molar-refractivity contribution in [1.82, 2.24) is 9.38 Å². The first-order valence-corrected chi connectivity index (χ1v) is 7.66. The number of aliphatic hydroxyl groups excluding tert-OH is 1. The van der Waals surface area contributed by atoms with Crippen LogP contribution in [0.25, 0.3) is 16.9 Å². The summed E-state index contributed by atoms with van der Waals surface area (Å²) in [5.41, 5.74) is 7.08. The molecule has 0 aliphatic rings. The molecule has 3 rings (SSSR count). The molecule has 0 atom stereocenters. The number of rotatable bonds is 2. The van der Waals surface area contributed by atoms with Gasteiger partial charge in [0.05, 0.1) is 22.5 Å². The molecule has 21 heavy (non-hydrogen) atoms. The summed E-state index contributed by atoms with van der Waals surface area (Å²) in [7, 11) is 0. The molecular weight excluding hydrogens is 328 g/mol. The van der Waals surface area contributed by atoms with Gasteiger partial charge in [0, 0.05) is 11.8 Å². The molecule has 1 aromatic carbocycles. The molecule has 2 aromatic heterocycles. The molecule has 0 radical (unpaired) electrons. The topological polar surface area (TPSA) is 37.5 Å². The van der Waals surface area contributed by atoms with Crippen LogP contribution in [0.15, 0.2) is 34.9 Å². The van der Waals surface area contributed by atoms with Crippen molar-refractivity contribution in [2.24, 2.45) is 0 Å². The minimum atomic E-state index is -0.0420. The van der Waals surface area contributed by atoms with Gasteiger partial charge < -0.3 is 5.11 Å². The quantitative estimate of drug-likeness (QED) is 0.757. The van der Waals surface area contributed by atoms with Gasteiger partial charge in [-0.05, 0) is 53.9 Å². The number of aryl methyl sites for hydroxylation is 3. The van der Waals surface area contributed by atoms with Gasteiger partial charge in [-0.25, -0.2) is 4.98 Å². The maximum absolute atomic E-state index is 9.82. The van der Waals surface area contributed by atoms with Crippen LogP contribution < -0.4 is 0 Å². The van der Waals surface area contributed by atoms with Gasteiger partial charge in [0.15, 0.2) is 5.65 Å². The Morgan fingerprint density at radius 1 is 1.14 bits per heavy atom. The Balaban J connectivity index is 2.35. The van der Waals surface area contributed by atoms with Crippen LogP contribution in [0.1, 0.15) is 22.4 Å². The standard InChI is InChI=1S/C17H17BrN2O/c1-10-4-5-13(12(3)6-10)16-15(9-21)20-8-11(2)7-14(18)17(20)19-16/h4-8,21H,9H2,1-3H3. The summed E-state index contributed by atoms with van der Waals surface area (Å²) in [5.74, 6) is 0. The van der Waals surface area contributed by atoms with Crippen molar-refractivity contribution in [3.8, 4) is 11.3 Å². The van der Waals surface area contributed by atoms with Crippen molar-refractivity contribution in [3.05, 3.63) is 57.3 Å². The third-order valence-electron chi connectivity index (χ3n) is 3.70. The Morgan fingerprint density at radius 2 is 1.90 bits per heavy atom. The van der Waals surface area contributed by atoms with Crippen LogP contribution in [0.5, 0.6) is 0 Å². The van der Waals surface area contributed by atoms with E-state index in [4.69, 9.17) is 4.98 Å². The predicted molar refractivity (Wildman–Crippen MR) is 88.5 cm³/mol. The Bertz CT molecular complexity index is 836. The van der Waals surface area contributed by atoms with E-state index in [-0.39, 0.29) is 6.61 Å². The molecule has 0 bridgehead atoms. The van der Waals surface area contributed by atoms with Gasteiger partial charge in [-0.15, -0.1) is 0 Å². The second-order valence-corrected chi connectivity index (χ2v) is 6.30. The van der Waals surface area contributed by atoms with Gasteiger partial charge in [-0.1, -0.05) is 23.8 Å². The minimum absolute atomic E-state index is 0.0420. The first-order valence-electron chi connectivity index (χ1n) is 6.87. The lowest BCUT2D eigenvalue weighted by Crippen LogP contribution is -1.96. The Kier molecular flexibility index (Phi) is 3.59. The first kappa shape index (κ1) is 14.3. The van der Waals surface area contributed by atoms with E-state index in [0.29, 0.717) is 0 Å². The number of halogens is 1. The number of imidazole rings is 1. The lowest BCUT2D eigenvalue weighted by atomic mass is 10.0. The molecule has 1 N–H and O–H groups in total. The van der Waals surface area contributed by atoms with E-state index in [1.54, 1.807) is 0 Å². The van der Waals surface area contributed by atoms with Crippen LogP contribution >= 0.6 is 15.9 Å². The fourth-order valence-corrected chi connectivity index (χ4v) is 3.37. The number of hydrogen-bond acceptors (Lipinski definition) is 2. The van der Waals surface area contributed by atoms with Gasteiger partial charge in [-0.2, -0.15) is 0 Å². The van der Waals surface area contributed by atoms with Crippen molar-refractivity contribution >= 4 is 21.6 Å². The number of nitrogens with zero attached hydrogens (tertiary/aromatic N) is 2. The fourth-order valence-electron chi connectivity index (χ4n) is 2.73. The lowest BCUT2D eigenvalue weighted by Gasteiger charge is -2.06. The molecule has 0 aliphatic heterocycles. The zero-order chi connectivity index (χ0) is 15.1. The van der Waals surface area contributed by atoms with Crippen LogP contribution in [0, 0.1) is 20.8 Å². The highest BCUT2D eigenvalue weighted by molar-refractivity contribution is 9.10. The van der Waals surface area contributed by atoms with Gasteiger partial charge >= 0.3 is 0 Å². The maximum atomic E-state index is 9.82. The number of aromatic nitrogens is 2. The zero-order valence-electron chi connectivity index (χ0n) is 12.3. The minimum Gasteiger partial charge on any atom is -0.390 e. The van der Waals surface area contributed by atoms with Crippen molar-refractivity contribution in [2.45, 2.75) is 27.4 Å². The number of pyridine rings is 1. The van der Waals surface area contributed by atoms with Gasteiger partial charge in [0.25, 0.3) is 0 Å². The smallest absolute Gasteiger partial charge is 0.152 e. The predicted octanol–water partition coefficient (Wildman–Crippen LogP) is 4.18. The largest absolute Gasteiger partial charge is 0.390 e. The molecule has 0 spiro atoms. The second-order valence-electron chi connectivity index (χ2n) is 5.44. The van der Waals surface area contributed by atoms with Gasteiger partial charge in [0.2, 0.25) is 0 Å². The van der Waals surface area contributed by atoms with E-state index in [1.807, 2.05) is 23.6 Å². The molecule has 0 unspecified atom stereocenters. The average Bonchev–Trinajstić information content (AvgIpc) is 2.77. The molecule has 0 aliphatic carbocycles. The highest BCUT2D eigenvalue weighted by Gasteiger charge is 2.16. The molecular formula is C17H17BrN2O. The summed E-state index contributed by atoms with van der Waals surface area (Å²) >= 11 is 3.56. The van der Waals surface area contributed by atoms with Gasteiger partial charge in [0.1, 0.15) is 0 Å². The van der Waals surface area contributed by atoms with Gasteiger partial charge in [-0.3, -0.25) is 4.40 Å². The fraction of sp³-hybridized carbons (Fsp3) is 0.235. The van der Waals surface area contributed by atoms with Crippen molar-refractivity contribution in [2.75, 3.05) is 0 Å². The average molecular weight is 345 g/mol. The summed E-state index contributed by atoms with van der Waals surface area (Å²) in [5, 5.41) is 9.82. The number of aliphatic hydroxyl groups is 1. The highest BCUT2D eigenvalue weighted by Crippen LogP contribution is 2.30. The third-order valence-corrected chi connectivity index (χ3v) is 4.28. The monoisotopic (exact) mass is 344 g/mol. The Labute approximate surface area is 132 Å². The van der Waals surface area contributed by atoms with E-state index < -0.39 is 0 Å². The molecule has 4 heteroatoms. The summed E-state index contributed by atoms with van der Waals surface area (Å²) in [6.07, 6.45) is 2.01. The van der Waals surface area contributed by atoms with E-state index in [1.165, 1.54) is 11.1 Å². The summed E-state index contributed by atoms with van der Waals surface area (Å²) in [6, 6.07) is 8.33. The molecule has 3 nitrogen and oxygen atoms in total. The second kappa shape index (κ2) is 5.28. The molecule has 0 fully saturated rings. The van der Waals surface area contributed by atoms with E-state index in [0.717, 1.165) is 32.6 Å². The van der Waals surface area contributed by atoms with E-state index in [9.17, 15) is 5.11 Å². The number of hydrogen-bond donors (Lipinski definition) is 1. The molecule has 2 heterocycles. The highest BCUT2D eigenvalue weighted by atomic mass is 79.9. The van der Waals surface area contributed by atoms with Crippen LogP contribution in [0.4, 0.5) is 0 Å². The van der Waals surface area contributed by atoms with Crippen molar-refractivity contribution < 1.29 is 5.11 Å². The third kappa shape index (κ3) is 2.39. The van der Waals surface area contributed by atoms with Crippen LogP contribution in [-0.4, -0.2) is 14.5 Å². The molecule has 0 amide bonds. The zero-order valence-corrected chi connectivity index (χ0v) is 13.9. The molecule has 108 valence electrons. The summed E-state index contributed by atoms with van der Waals surface area (Å²) in [6.45, 7) is 6.14.